The maximum absolute atomic E-state index is 4.65. The van der Waals surface area contributed by atoms with E-state index >= 15 is 0 Å². The molecule has 7 heteroatoms. The molecule has 1 aliphatic rings. The molecule has 0 saturated heterocycles. The topological polar surface area (TPSA) is 81.1 Å². The van der Waals surface area contributed by atoms with Crippen molar-refractivity contribution in [1.29, 1.82) is 0 Å². The first-order valence-electron chi connectivity index (χ1n) is 6.98. The number of halogens is 1. The normalized spacial score (nSPS) is 15.7. The van der Waals surface area contributed by atoms with Gasteiger partial charge in [-0.15, -0.1) is 17.0 Å². The van der Waals surface area contributed by atoms with E-state index in [1.165, 1.54) is 0 Å². The Morgan fingerprint density at radius 3 is 1.82 bits per heavy atom. The molecule has 0 amide bonds. The summed E-state index contributed by atoms with van der Waals surface area (Å²) in [5.41, 5.74) is 3.92. The SMILES string of the molecule is Br.CC1=NCCCNCCCN=C(C)c2cccc1n2.O.[Co]. The molecule has 1 radical (unpaired) electrons. The number of aromatic nitrogens is 1. The van der Waals surface area contributed by atoms with E-state index in [-0.39, 0.29) is 39.2 Å². The molecule has 2 heterocycles. The van der Waals surface area contributed by atoms with E-state index in [9.17, 15) is 0 Å². The van der Waals surface area contributed by atoms with Crippen LogP contribution in [0.4, 0.5) is 0 Å². The van der Waals surface area contributed by atoms with Crippen LogP contribution in [0, 0.1) is 0 Å². The zero-order valence-electron chi connectivity index (χ0n) is 13.1. The number of pyridine rings is 1. The van der Waals surface area contributed by atoms with E-state index in [2.05, 4.69) is 20.3 Å². The summed E-state index contributed by atoms with van der Waals surface area (Å²) >= 11 is 0. The Labute approximate surface area is 153 Å². The molecule has 0 saturated carbocycles. The van der Waals surface area contributed by atoms with Gasteiger partial charge in [0.15, 0.2) is 0 Å². The first-order chi connectivity index (χ1) is 9.27. The van der Waals surface area contributed by atoms with Crippen molar-refractivity contribution in [2.45, 2.75) is 26.7 Å². The maximum atomic E-state index is 4.65. The Kier molecular flexibility index (Phi) is 13.9. The number of hydrogen-bond acceptors (Lipinski definition) is 4. The number of rotatable bonds is 0. The number of nitrogens with zero attached hydrogens (tertiary/aromatic N) is 3. The average molecular weight is 416 g/mol. The van der Waals surface area contributed by atoms with Crippen molar-refractivity contribution >= 4 is 28.4 Å². The van der Waals surface area contributed by atoms with E-state index in [0.29, 0.717) is 0 Å². The summed E-state index contributed by atoms with van der Waals surface area (Å²) in [7, 11) is 0. The van der Waals surface area contributed by atoms with Gasteiger partial charge in [-0.1, -0.05) is 6.07 Å². The van der Waals surface area contributed by atoms with Crippen molar-refractivity contribution in [3.8, 4) is 0 Å². The van der Waals surface area contributed by atoms with Gasteiger partial charge in [-0.05, 0) is 51.9 Å². The van der Waals surface area contributed by atoms with Crippen molar-refractivity contribution in [2.24, 2.45) is 9.98 Å². The van der Waals surface area contributed by atoms with Gasteiger partial charge in [-0.25, -0.2) is 4.98 Å². The molecule has 1 aromatic rings. The predicted molar refractivity (Wildman–Crippen MR) is 94.4 cm³/mol. The molecule has 3 N–H and O–H groups in total. The Bertz CT molecular complexity index is 455. The van der Waals surface area contributed by atoms with Crippen molar-refractivity contribution < 1.29 is 22.3 Å². The van der Waals surface area contributed by atoms with E-state index in [1.54, 1.807) is 0 Å². The molecular weight excluding hydrogens is 391 g/mol. The summed E-state index contributed by atoms with van der Waals surface area (Å²) in [6.45, 7) is 7.81. The van der Waals surface area contributed by atoms with Crippen LogP contribution in [0.2, 0.25) is 0 Å². The third-order valence-corrected chi connectivity index (χ3v) is 3.21. The second kappa shape index (κ2) is 12.9. The summed E-state index contributed by atoms with van der Waals surface area (Å²) in [6, 6.07) is 6.06. The average Bonchev–Trinajstić information content (AvgIpc) is 2.44. The molecule has 0 aromatic carbocycles. The molecular formula is C15H25BrCoN4O. The molecule has 0 spiro atoms. The van der Waals surface area contributed by atoms with Crippen LogP contribution in [0.25, 0.3) is 0 Å². The third-order valence-electron chi connectivity index (χ3n) is 3.21. The monoisotopic (exact) mass is 415 g/mol. The number of hydrogen-bond donors (Lipinski definition) is 1. The molecule has 0 aliphatic carbocycles. The van der Waals surface area contributed by atoms with Gasteiger partial charge in [0.05, 0.1) is 22.8 Å². The maximum Gasteiger partial charge on any atom is 0.0845 e. The number of nitrogens with one attached hydrogen (secondary N) is 1. The van der Waals surface area contributed by atoms with Crippen LogP contribution < -0.4 is 5.32 Å². The molecule has 2 bridgehead atoms. The van der Waals surface area contributed by atoms with Crippen molar-refractivity contribution in [1.82, 2.24) is 10.3 Å². The van der Waals surface area contributed by atoms with Crippen LogP contribution in [0.5, 0.6) is 0 Å². The number of fused-ring (bicyclic) bond motifs is 2. The molecule has 1 aromatic heterocycles. The first-order valence-corrected chi connectivity index (χ1v) is 6.98. The van der Waals surface area contributed by atoms with Gasteiger partial charge in [-0.2, -0.15) is 0 Å². The molecule has 127 valence electrons. The van der Waals surface area contributed by atoms with Gasteiger partial charge in [0.25, 0.3) is 0 Å². The molecule has 2 rings (SSSR count). The zero-order valence-corrected chi connectivity index (χ0v) is 15.8. The van der Waals surface area contributed by atoms with Crippen molar-refractivity contribution in [3.63, 3.8) is 0 Å². The fraction of sp³-hybridized carbons (Fsp3) is 0.533. The zero-order chi connectivity index (χ0) is 13.5. The van der Waals surface area contributed by atoms with Crippen LogP contribution in [-0.2, 0) is 16.8 Å². The fourth-order valence-corrected chi connectivity index (χ4v) is 2.03. The smallest absolute Gasteiger partial charge is 0.0845 e. The molecule has 5 nitrogen and oxygen atoms in total. The second-order valence-corrected chi connectivity index (χ2v) is 4.80. The minimum atomic E-state index is 0. The Balaban J connectivity index is 0. The Morgan fingerprint density at radius 2 is 1.36 bits per heavy atom. The minimum absolute atomic E-state index is 0. The van der Waals surface area contributed by atoms with E-state index in [4.69, 9.17) is 0 Å². The first kappa shape index (κ1) is 23.7. The summed E-state index contributed by atoms with van der Waals surface area (Å²) in [5.74, 6) is 0. The van der Waals surface area contributed by atoms with E-state index in [0.717, 1.165) is 61.8 Å². The molecule has 22 heavy (non-hydrogen) atoms. The van der Waals surface area contributed by atoms with Gasteiger partial charge >= 0.3 is 0 Å². The minimum Gasteiger partial charge on any atom is -0.412 e. The van der Waals surface area contributed by atoms with Gasteiger partial charge in [0.2, 0.25) is 0 Å². The second-order valence-electron chi connectivity index (χ2n) is 4.80. The van der Waals surface area contributed by atoms with E-state index < -0.39 is 0 Å². The quantitative estimate of drug-likeness (QED) is 0.701. The molecule has 0 unspecified atom stereocenters. The molecule has 0 fully saturated rings. The van der Waals surface area contributed by atoms with Gasteiger partial charge in [-0.3, -0.25) is 9.98 Å². The van der Waals surface area contributed by atoms with Crippen LogP contribution in [0.1, 0.15) is 38.1 Å². The third kappa shape index (κ3) is 7.60. The largest absolute Gasteiger partial charge is 0.412 e. The van der Waals surface area contributed by atoms with Crippen LogP contribution >= 0.6 is 17.0 Å². The van der Waals surface area contributed by atoms with Crippen molar-refractivity contribution in [3.05, 3.63) is 29.6 Å². The number of aliphatic imine (C=N–C) groups is 2. The van der Waals surface area contributed by atoms with Crippen molar-refractivity contribution in [2.75, 3.05) is 26.2 Å². The van der Waals surface area contributed by atoms with E-state index in [1.807, 2.05) is 32.0 Å². The van der Waals surface area contributed by atoms with Crippen LogP contribution in [-0.4, -0.2) is 48.1 Å². The van der Waals surface area contributed by atoms with Gasteiger partial charge < -0.3 is 10.8 Å². The van der Waals surface area contributed by atoms with Crippen LogP contribution in [0.15, 0.2) is 28.2 Å². The summed E-state index contributed by atoms with van der Waals surface area (Å²) in [5, 5.41) is 3.42. The Hall–Kier alpha value is -0.604. The summed E-state index contributed by atoms with van der Waals surface area (Å²) in [6.07, 6.45) is 2.14. The van der Waals surface area contributed by atoms with Gasteiger partial charge in [0, 0.05) is 29.9 Å². The summed E-state index contributed by atoms with van der Waals surface area (Å²) < 4.78 is 0. The van der Waals surface area contributed by atoms with Gasteiger partial charge in [0.1, 0.15) is 0 Å². The predicted octanol–water partition coefficient (Wildman–Crippen LogP) is 1.83. The molecule has 0 atom stereocenters. The fourth-order valence-electron chi connectivity index (χ4n) is 2.03. The summed E-state index contributed by atoms with van der Waals surface area (Å²) in [4.78, 5) is 13.8. The molecule has 1 aliphatic heterocycles. The Morgan fingerprint density at radius 1 is 0.909 bits per heavy atom. The standard InChI is InChI=1S/C15H22N4.BrH.Co.H2O/c1-12-14-6-3-7-15(19-14)13(2)18-11-5-9-16-8-4-10-17-12;;;/h3,6-7,16H,4-5,8-11H2,1-2H3;1H;;1H2. The van der Waals surface area contributed by atoms with Crippen LogP contribution in [0.3, 0.4) is 0 Å².